The minimum atomic E-state index is -4.78. The number of unbranched alkanes of at least 4 members (excludes halogenated alkanes) is 14. The number of phosphoric acid groups is 1. The Kier molecular flexibility index (Phi) is 21.2. The Hall–Kier alpha value is -3.82. The van der Waals surface area contributed by atoms with Crippen molar-refractivity contribution in [3.8, 4) is 0 Å². The zero-order chi connectivity index (χ0) is 48.7. The first-order valence-electron chi connectivity index (χ1n) is 24.1. The molecule has 67 heavy (non-hydrogen) atoms. The predicted octanol–water partition coefficient (Wildman–Crippen LogP) is 6.44. The molecule has 2 aliphatic heterocycles. The van der Waals surface area contributed by atoms with E-state index in [1.165, 1.54) is 87.1 Å². The number of carbonyl (C=O) groups excluding carboxylic acids is 1. The molecule has 0 bridgehead atoms. The molecule has 5 rings (SSSR count). The fourth-order valence-corrected chi connectivity index (χ4v) is 10.0. The number of fused-ring (bicyclic) bond motifs is 1. The molecule has 0 spiro atoms. The fraction of sp³-hybridized carbons (Fsp3) is 0.778. The number of rotatable bonds is 30. The summed E-state index contributed by atoms with van der Waals surface area (Å²) in [7, 11) is -3.43. The van der Waals surface area contributed by atoms with Gasteiger partial charge in [-0.1, -0.05) is 96.8 Å². The number of hydrogen-bond donors (Lipinski definition) is 4. The lowest BCUT2D eigenvalue weighted by molar-refractivity contribution is -0.136. The molecule has 5 N–H and O–H groups in total. The number of amides is 1. The van der Waals surface area contributed by atoms with E-state index in [9.17, 15) is 28.6 Å². The van der Waals surface area contributed by atoms with Gasteiger partial charge >= 0.3 is 13.5 Å². The Labute approximate surface area is 391 Å². The number of imidazole rings is 1. The van der Waals surface area contributed by atoms with E-state index in [1.807, 2.05) is 0 Å². The van der Waals surface area contributed by atoms with E-state index in [0.29, 0.717) is 6.42 Å². The quantitative estimate of drug-likeness (QED) is 0.0414. The maximum Gasteiger partial charge on any atom is 0.472 e. The first-order chi connectivity index (χ1) is 32.0. The van der Waals surface area contributed by atoms with Crippen molar-refractivity contribution in [1.82, 2.24) is 34.0 Å². The highest BCUT2D eigenvalue weighted by Crippen LogP contribution is 2.50. The molecule has 3 aromatic heterocycles. The van der Waals surface area contributed by atoms with Crippen molar-refractivity contribution < 1.29 is 46.6 Å². The van der Waals surface area contributed by atoms with Crippen LogP contribution in [0.2, 0.25) is 0 Å². The molecule has 2 fully saturated rings. The summed E-state index contributed by atoms with van der Waals surface area (Å²) in [5, 5.41) is 0. The van der Waals surface area contributed by atoms with Crippen LogP contribution in [0.4, 0.5) is 10.3 Å². The minimum Gasteiger partial charge on any atom is -0.376 e. The number of aromatic amines is 2. The molecule has 0 aliphatic carbocycles. The third-order valence-electron chi connectivity index (χ3n) is 12.3. The first-order valence-corrected chi connectivity index (χ1v) is 25.6. The van der Waals surface area contributed by atoms with Gasteiger partial charge in [-0.2, -0.15) is 4.98 Å². The first kappa shape index (κ1) is 54.1. The number of H-pyrrole nitrogens is 2. The van der Waals surface area contributed by atoms with Crippen molar-refractivity contribution in [1.29, 1.82) is 0 Å². The average molecular weight is 969 g/mol. The number of nitrogens with two attached hydrogens (primary N) is 1. The van der Waals surface area contributed by atoms with E-state index in [0.717, 1.165) is 42.5 Å². The number of ether oxygens (including phenoxy) is 4. The normalized spacial score (nSPS) is 24.0. The second-order valence-electron chi connectivity index (χ2n) is 18.3. The number of carbonyl (C=O) groups is 1. The molecule has 2 aliphatic rings. The summed E-state index contributed by atoms with van der Waals surface area (Å²) in [5.74, 6) is -1.75. The number of methoxy groups -OCH3 is 1. The number of nitrogen functional groups attached to an aromatic ring is 1. The van der Waals surface area contributed by atoms with Crippen molar-refractivity contribution in [3.05, 3.63) is 49.8 Å². The van der Waals surface area contributed by atoms with Gasteiger partial charge < -0.3 is 34.5 Å². The summed E-state index contributed by atoms with van der Waals surface area (Å²) < 4.78 is 67.9. The van der Waals surface area contributed by atoms with Gasteiger partial charge in [0.25, 0.3) is 11.1 Å². The number of hydrogen-bond acceptors (Lipinski definition) is 14. The third kappa shape index (κ3) is 15.6. The Bertz CT molecular complexity index is 2220. The van der Waals surface area contributed by atoms with Crippen LogP contribution < -0.4 is 22.5 Å². The van der Waals surface area contributed by atoms with E-state index in [-0.39, 0.29) is 49.3 Å². The molecule has 3 aromatic rings. The van der Waals surface area contributed by atoms with Crippen molar-refractivity contribution in [2.24, 2.45) is 5.92 Å². The molecular formula is C45H74FN8O12P. The SMILES string of the molecule is CCCCCCCCCCCCCCCCCN(C[C@H]1O[C@@H](n2cnc3c(=O)[nH]c(N)nc32)C(OC)C1OP(=O)(O)OC(C)C)C(=O)CC1C(F)[C@H](n2ccc(=O)[nH]c2=O)O[C@@H]1COC(C)C. The lowest BCUT2D eigenvalue weighted by Gasteiger charge is -2.31. The number of nitrogens with zero attached hydrogens (tertiary/aromatic N) is 5. The van der Waals surface area contributed by atoms with Crippen molar-refractivity contribution in [2.75, 3.05) is 32.5 Å². The standard InChI is InChI=1S/C45H74FN8O12P/c1-7-8-9-10-11-12-13-14-15-16-17-18-19-20-21-23-52(35(56)25-31-33(27-62-29(2)3)64-42(36(31)46)53-24-22-34(55)49-45(53)58)26-32-38(66-67(59,60)65-30(4)5)39(61-6)43(63-32)54-28-48-37-40(54)50-44(47)51-41(37)57/h22,24,28-33,36,38-39,42-43H,7-21,23,25-27H2,1-6H3,(H,59,60)(H,49,55,58)(H3,47,50,51,57)/t31?,32-,33-,36?,38?,39?,42-,43-/m1/s1. The molecule has 20 nitrogen and oxygen atoms in total. The highest BCUT2D eigenvalue weighted by atomic mass is 31.2. The van der Waals surface area contributed by atoms with Gasteiger partial charge in [-0.25, -0.2) is 18.7 Å². The van der Waals surface area contributed by atoms with E-state index in [4.69, 9.17) is 33.7 Å². The van der Waals surface area contributed by atoms with Crippen LogP contribution >= 0.6 is 7.82 Å². The molecule has 5 heterocycles. The van der Waals surface area contributed by atoms with Crippen LogP contribution in [0.1, 0.15) is 150 Å². The second-order valence-corrected chi connectivity index (χ2v) is 19.7. The van der Waals surface area contributed by atoms with Gasteiger partial charge in [0.2, 0.25) is 11.9 Å². The maximum atomic E-state index is 16.7. The van der Waals surface area contributed by atoms with Gasteiger partial charge in [-0.15, -0.1) is 0 Å². The molecule has 378 valence electrons. The number of alkyl halides is 1. The summed E-state index contributed by atoms with van der Waals surface area (Å²) >= 11 is 0. The van der Waals surface area contributed by atoms with E-state index >= 15 is 4.39 Å². The number of nitrogens with one attached hydrogen (secondary N) is 2. The lowest BCUT2D eigenvalue weighted by Crippen LogP contribution is -2.45. The summed E-state index contributed by atoms with van der Waals surface area (Å²) in [4.78, 5) is 77.5. The number of aromatic nitrogens is 6. The zero-order valence-corrected chi connectivity index (χ0v) is 40.9. The van der Waals surface area contributed by atoms with Gasteiger partial charge in [0.1, 0.15) is 18.3 Å². The maximum absolute atomic E-state index is 16.7. The predicted molar refractivity (Wildman–Crippen MR) is 249 cm³/mol. The Balaban J connectivity index is 1.36. The Morgan fingerprint density at radius 2 is 1.51 bits per heavy atom. The molecule has 5 unspecified atom stereocenters. The summed E-state index contributed by atoms with van der Waals surface area (Å²) in [6.45, 7) is 8.91. The molecule has 0 radical (unpaired) electrons. The molecule has 0 saturated carbocycles. The van der Waals surface area contributed by atoms with Crippen LogP contribution in [0, 0.1) is 5.92 Å². The number of halogens is 1. The van der Waals surface area contributed by atoms with Crippen molar-refractivity contribution in [3.63, 3.8) is 0 Å². The van der Waals surface area contributed by atoms with Crippen LogP contribution in [-0.4, -0.2) is 114 Å². The average Bonchev–Trinajstić information content (AvgIpc) is 3.92. The summed E-state index contributed by atoms with van der Waals surface area (Å²) in [6, 6.07) is 1.09. The van der Waals surface area contributed by atoms with Crippen LogP contribution in [-0.2, 0) is 37.4 Å². The lowest BCUT2D eigenvalue weighted by atomic mass is 9.94. The van der Waals surface area contributed by atoms with Gasteiger partial charge in [0.05, 0.1) is 31.2 Å². The van der Waals surface area contributed by atoms with Crippen molar-refractivity contribution >= 4 is 30.8 Å². The summed E-state index contributed by atoms with van der Waals surface area (Å²) in [6.07, 6.45) is 9.26. The highest BCUT2D eigenvalue weighted by molar-refractivity contribution is 7.47. The second kappa shape index (κ2) is 26.2. The molecule has 2 saturated heterocycles. The van der Waals surface area contributed by atoms with Gasteiger partial charge in [-0.3, -0.25) is 42.5 Å². The molecule has 0 aromatic carbocycles. The van der Waals surface area contributed by atoms with E-state index in [1.54, 1.807) is 27.7 Å². The van der Waals surface area contributed by atoms with Gasteiger partial charge in [0, 0.05) is 44.8 Å². The van der Waals surface area contributed by atoms with Crippen molar-refractivity contribution in [2.45, 2.75) is 193 Å². The summed E-state index contributed by atoms with van der Waals surface area (Å²) in [5.41, 5.74) is 3.77. The smallest absolute Gasteiger partial charge is 0.376 e. The number of anilines is 1. The van der Waals surface area contributed by atoms with Crippen LogP contribution in [0.25, 0.3) is 11.2 Å². The topological polar surface area (TPSA) is 257 Å². The Morgan fingerprint density at radius 1 is 0.896 bits per heavy atom. The fourth-order valence-electron chi connectivity index (χ4n) is 8.88. The monoisotopic (exact) mass is 969 g/mol. The molecular weight excluding hydrogens is 895 g/mol. The van der Waals surface area contributed by atoms with E-state index < -0.39 is 85.6 Å². The van der Waals surface area contributed by atoms with Crippen LogP contribution in [0.15, 0.2) is 33.0 Å². The van der Waals surface area contributed by atoms with Crippen LogP contribution in [0.3, 0.4) is 0 Å². The van der Waals surface area contributed by atoms with Gasteiger partial charge in [-0.05, 0) is 34.1 Å². The van der Waals surface area contributed by atoms with Gasteiger partial charge in [0.15, 0.2) is 29.8 Å². The number of phosphoric ester groups is 1. The highest BCUT2D eigenvalue weighted by Gasteiger charge is 2.52. The molecule has 9 atom stereocenters. The van der Waals surface area contributed by atoms with Crippen LogP contribution in [0.5, 0.6) is 0 Å². The van der Waals surface area contributed by atoms with E-state index in [2.05, 4.69) is 26.9 Å². The third-order valence-corrected chi connectivity index (χ3v) is 13.5. The Morgan fingerprint density at radius 3 is 2.09 bits per heavy atom. The minimum absolute atomic E-state index is 0.0464. The largest absolute Gasteiger partial charge is 0.472 e. The molecule has 1 amide bonds. The zero-order valence-electron chi connectivity index (χ0n) is 40.0. The molecule has 22 heteroatoms.